The first-order valence-corrected chi connectivity index (χ1v) is 8.58. The molecule has 0 aliphatic carbocycles. The van der Waals surface area contributed by atoms with E-state index in [1.165, 1.54) is 12.1 Å². The summed E-state index contributed by atoms with van der Waals surface area (Å²) in [6, 6.07) is 5.96. The first-order chi connectivity index (χ1) is 12.0. The number of amides is 1. The number of benzene rings is 1. The largest absolute Gasteiger partial charge is 0.388 e. The number of halogens is 1. The molecule has 0 radical (unpaired) electrons. The van der Waals surface area contributed by atoms with Gasteiger partial charge in [0, 0.05) is 18.7 Å². The first kappa shape index (κ1) is 17.6. The van der Waals surface area contributed by atoms with Gasteiger partial charge in [-0.3, -0.25) is 4.79 Å². The van der Waals surface area contributed by atoms with Crippen LogP contribution in [0.25, 0.3) is 0 Å². The molecule has 1 atom stereocenters. The lowest BCUT2D eigenvalue weighted by atomic mass is 9.87. The van der Waals surface area contributed by atoms with E-state index < -0.39 is 6.10 Å². The molecule has 5 nitrogen and oxygen atoms in total. The van der Waals surface area contributed by atoms with Gasteiger partial charge in [0.2, 0.25) is 5.91 Å². The fourth-order valence-corrected chi connectivity index (χ4v) is 3.41. The van der Waals surface area contributed by atoms with E-state index in [2.05, 4.69) is 5.16 Å². The number of likely N-dealkylation sites (tertiary alicyclic amines) is 1. The summed E-state index contributed by atoms with van der Waals surface area (Å²) in [5.41, 5.74) is 2.34. The van der Waals surface area contributed by atoms with Crippen molar-refractivity contribution in [3.8, 4) is 0 Å². The molecule has 1 unspecified atom stereocenters. The Labute approximate surface area is 146 Å². The molecular formula is C19H23FN2O3. The van der Waals surface area contributed by atoms with Crippen molar-refractivity contribution in [3.63, 3.8) is 0 Å². The monoisotopic (exact) mass is 346 g/mol. The predicted molar refractivity (Wildman–Crippen MR) is 90.3 cm³/mol. The van der Waals surface area contributed by atoms with Gasteiger partial charge in [-0.2, -0.15) is 0 Å². The van der Waals surface area contributed by atoms with E-state index in [1.807, 2.05) is 18.7 Å². The Hall–Kier alpha value is -2.21. The van der Waals surface area contributed by atoms with Crippen LogP contribution in [-0.4, -0.2) is 34.2 Å². The minimum absolute atomic E-state index is 0.0594. The highest BCUT2D eigenvalue weighted by Gasteiger charge is 2.29. The fraction of sp³-hybridized carbons (Fsp3) is 0.474. The van der Waals surface area contributed by atoms with Crippen LogP contribution in [0.3, 0.4) is 0 Å². The Morgan fingerprint density at radius 1 is 1.32 bits per heavy atom. The maximum Gasteiger partial charge on any atom is 0.227 e. The van der Waals surface area contributed by atoms with Gasteiger partial charge in [-0.05, 0) is 50.3 Å². The molecule has 6 heteroatoms. The van der Waals surface area contributed by atoms with Gasteiger partial charge in [0.05, 0.1) is 18.2 Å². The zero-order valence-corrected chi connectivity index (χ0v) is 14.5. The number of carbonyl (C=O) groups is 1. The molecule has 1 aliphatic rings. The van der Waals surface area contributed by atoms with Gasteiger partial charge in [0.15, 0.2) is 0 Å². The number of hydrogen-bond donors (Lipinski definition) is 1. The highest BCUT2D eigenvalue weighted by molar-refractivity contribution is 5.79. The van der Waals surface area contributed by atoms with E-state index in [0.29, 0.717) is 25.3 Å². The molecule has 0 bridgehead atoms. The Kier molecular flexibility index (Phi) is 5.18. The maximum absolute atomic E-state index is 13.0. The van der Waals surface area contributed by atoms with Crippen molar-refractivity contribution in [2.75, 3.05) is 13.1 Å². The second kappa shape index (κ2) is 7.35. The summed E-state index contributed by atoms with van der Waals surface area (Å²) in [5, 5.41) is 14.4. The number of aliphatic hydroxyl groups is 1. The highest BCUT2D eigenvalue weighted by Crippen LogP contribution is 2.31. The van der Waals surface area contributed by atoms with Gasteiger partial charge < -0.3 is 14.5 Å². The predicted octanol–water partition coefficient (Wildman–Crippen LogP) is 2.95. The molecule has 0 saturated carbocycles. The third-order valence-electron chi connectivity index (χ3n) is 5.06. The normalized spacial score (nSPS) is 16.9. The third kappa shape index (κ3) is 3.90. The van der Waals surface area contributed by atoms with Crippen molar-refractivity contribution in [2.45, 2.75) is 39.2 Å². The molecule has 1 amide bonds. The zero-order valence-electron chi connectivity index (χ0n) is 14.5. The second-order valence-corrected chi connectivity index (χ2v) is 6.69. The fourth-order valence-electron chi connectivity index (χ4n) is 3.41. The van der Waals surface area contributed by atoms with Crippen molar-refractivity contribution in [2.24, 2.45) is 5.92 Å². The van der Waals surface area contributed by atoms with Gasteiger partial charge in [0.1, 0.15) is 11.6 Å². The van der Waals surface area contributed by atoms with E-state index in [4.69, 9.17) is 4.52 Å². The minimum atomic E-state index is -0.625. The molecule has 1 saturated heterocycles. The summed E-state index contributed by atoms with van der Waals surface area (Å²) in [5.74, 6) is 0.515. The van der Waals surface area contributed by atoms with E-state index in [9.17, 15) is 14.3 Å². The van der Waals surface area contributed by atoms with Crippen LogP contribution in [0.15, 0.2) is 28.8 Å². The van der Waals surface area contributed by atoms with Gasteiger partial charge >= 0.3 is 0 Å². The lowest BCUT2D eigenvalue weighted by molar-refractivity contribution is -0.132. The molecule has 1 aromatic heterocycles. The van der Waals surface area contributed by atoms with E-state index >= 15 is 0 Å². The van der Waals surface area contributed by atoms with Gasteiger partial charge in [0.25, 0.3) is 0 Å². The summed E-state index contributed by atoms with van der Waals surface area (Å²) in [7, 11) is 0. The van der Waals surface area contributed by atoms with Crippen molar-refractivity contribution in [3.05, 3.63) is 52.7 Å². The molecule has 1 aliphatic heterocycles. The van der Waals surface area contributed by atoms with Crippen LogP contribution in [0, 0.1) is 25.6 Å². The summed E-state index contributed by atoms with van der Waals surface area (Å²) in [6.45, 7) is 4.88. The lowest BCUT2D eigenvalue weighted by Gasteiger charge is -2.34. The highest BCUT2D eigenvalue weighted by atomic mass is 19.1. The number of hydrogen-bond acceptors (Lipinski definition) is 4. The van der Waals surface area contributed by atoms with Crippen LogP contribution < -0.4 is 0 Å². The number of piperidine rings is 1. The third-order valence-corrected chi connectivity index (χ3v) is 5.06. The first-order valence-electron chi connectivity index (χ1n) is 8.58. The zero-order chi connectivity index (χ0) is 18.0. The number of aromatic nitrogens is 1. The van der Waals surface area contributed by atoms with Crippen molar-refractivity contribution in [1.82, 2.24) is 10.1 Å². The topological polar surface area (TPSA) is 66.6 Å². The maximum atomic E-state index is 13.0. The van der Waals surface area contributed by atoms with Crippen molar-refractivity contribution in [1.29, 1.82) is 0 Å². The average Bonchev–Trinajstić information content (AvgIpc) is 2.94. The van der Waals surface area contributed by atoms with Crippen LogP contribution >= 0.6 is 0 Å². The Morgan fingerprint density at radius 2 is 1.96 bits per heavy atom. The standard InChI is InChI=1S/C19H23FN2O3/c1-12-17(13(2)25-21-12)11-18(23)22-9-7-15(8-10-22)19(24)14-3-5-16(20)6-4-14/h3-6,15,19,24H,7-11H2,1-2H3. The van der Waals surface area contributed by atoms with E-state index in [-0.39, 0.29) is 17.6 Å². The molecule has 25 heavy (non-hydrogen) atoms. The number of carbonyl (C=O) groups excluding carboxylic acids is 1. The second-order valence-electron chi connectivity index (χ2n) is 6.69. The van der Waals surface area contributed by atoms with Crippen molar-refractivity contribution >= 4 is 5.91 Å². The molecule has 1 fully saturated rings. The number of rotatable bonds is 4. The molecule has 0 spiro atoms. The van der Waals surface area contributed by atoms with Gasteiger partial charge in [-0.1, -0.05) is 17.3 Å². The molecular weight excluding hydrogens is 323 g/mol. The van der Waals surface area contributed by atoms with Gasteiger partial charge in [-0.15, -0.1) is 0 Å². The van der Waals surface area contributed by atoms with Crippen molar-refractivity contribution < 1.29 is 18.8 Å². The number of aryl methyl sites for hydroxylation is 2. The summed E-state index contributed by atoms with van der Waals surface area (Å²) in [4.78, 5) is 14.3. The van der Waals surface area contributed by atoms with E-state index in [1.54, 1.807) is 12.1 Å². The van der Waals surface area contributed by atoms with Gasteiger partial charge in [-0.25, -0.2) is 4.39 Å². The number of aliphatic hydroxyl groups excluding tert-OH is 1. The summed E-state index contributed by atoms with van der Waals surface area (Å²) >= 11 is 0. The van der Waals surface area contributed by atoms with Crippen LogP contribution in [0.1, 0.15) is 41.5 Å². The van der Waals surface area contributed by atoms with Crippen LogP contribution in [0.2, 0.25) is 0 Å². The lowest BCUT2D eigenvalue weighted by Crippen LogP contribution is -2.40. The quantitative estimate of drug-likeness (QED) is 0.924. The molecule has 134 valence electrons. The van der Waals surface area contributed by atoms with Crippen LogP contribution in [-0.2, 0) is 11.2 Å². The molecule has 2 aromatic rings. The molecule has 1 aromatic carbocycles. The molecule has 3 rings (SSSR count). The summed E-state index contributed by atoms with van der Waals surface area (Å²) in [6.07, 6.45) is 1.13. The number of nitrogens with zero attached hydrogens (tertiary/aromatic N) is 2. The minimum Gasteiger partial charge on any atom is -0.388 e. The van der Waals surface area contributed by atoms with Crippen LogP contribution in [0.4, 0.5) is 4.39 Å². The SMILES string of the molecule is Cc1noc(C)c1CC(=O)N1CCC(C(O)c2ccc(F)cc2)CC1. The molecule has 2 heterocycles. The smallest absolute Gasteiger partial charge is 0.227 e. The molecule has 1 N–H and O–H groups in total. The van der Waals surface area contributed by atoms with E-state index in [0.717, 1.165) is 29.7 Å². The average molecular weight is 346 g/mol. The van der Waals surface area contributed by atoms with Crippen LogP contribution in [0.5, 0.6) is 0 Å². The Morgan fingerprint density at radius 3 is 2.52 bits per heavy atom. The Bertz CT molecular complexity index is 714. The Balaban J connectivity index is 1.56. The summed E-state index contributed by atoms with van der Waals surface area (Å²) < 4.78 is 18.1.